The number of aliphatic hydroxyl groups is 1. The summed E-state index contributed by atoms with van der Waals surface area (Å²) in [5.41, 5.74) is 1.48. The molecular weight excluding hydrogens is 328 g/mol. The lowest BCUT2D eigenvalue weighted by Crippen LogP contribution is -2.47. The Bertz CT molecular complexity index is 577. The van der Waals surface area contributed by atoms with Gasteiger partial charge in [0.15, 0.2) is 0 Å². The Morgan fingerprint density at radius 1 is 1.31 bits per heavy atom. The second-order valence-corrected chi connectivity index (χ2v) is 8.73. The van der Waals surface area contributed by atoms with Gasteiger partial charge in [-0.05, 0) is 64.4 Å². The van der Waals surface area contributed by atoms with Crippen LogP contribution in [-0.2, 0) is 14.3 Å². The van der Waals surface area contributed by atoms with Crippen molar-refractivity contribution in [2.24, 2.45) is 5.92 Å². The molecule has 4 heteroatoms. The molecule has 0 spiro atoms. The smallest absolute Gasteiger partial charge is 0.303 e. The molecule has 2 aliphatic rings. The Morgan fingerprint density at radius 3 is 2.62 bits per heavy atom. The number of aliphatic hydroxyl groups excluding tert-OH is 1. The van der Waals surface area contributed by atoms with E-state index in [-0.39, 0.29) is 11.6 Å². The number of hydrogen-bond acceptors (Lipinski definition) is 4. The molecule has 1 N–H and O–H groups in total. The van der Waals surface area contributed by atoms with E-state index in [9.17, 15) is 9.90 Å². The van der Waals surface area contributed by atoms with Gasteiger partial charge in [-0.2, -0.15) is 0 Å². The molecule has 0 amide bonds. The third-order valence-electron chi connectivity index (χ3n) is 6.29. The lowest BCUT2D eigenvalue weighted by atomic mass is 9.82. The van der Waals surface area contributed by atoms with Crippen molar-refractivity contribution in [3.8, 4) is 0 Å². The number of carbonyl (C=O) groups is 1. The topological polar surface area (TPSA) is 55.8 Å². The first kappa shape index (κ1) is 21.2. The van der Waals surface area contributed by atoms with Crippen LogP contribution in [0.1, 0.15) is 80.1 Å². The van der Waals surface area contributed by atoms with Crippen molar-refractivity contribution < 1.29 is 19.4 Å². The monoisotopic (exact) mass is 364 g/mol. The van der Waals surface area contributed by atoms with Crippen molar-refractivity contribution in [3.05, 3.63) is 23.3 Å². The second-order valence-electron chi connectivity index (χ2n) is 8.73. The Hall–Kier alpha value is -1.13. The van der Waals surface area contributed by atoms with Crippen molar-refractivity contribution in [2.45, 2.75) is 103 Å². The lowest BCUT2D eigenvalue weighted by molar-refractivity contribution is -0.189. The van der Waals surface area contributed by atoms with Gasteiger partial charge >= 0.3 is 5.97 Å². The van der Waals surface area contributed by atoms with Gasteiger partial charge < -0.3 is 14.6 Å². The summed E-state index contributed by atoms with van der Waals surface area (Å²) in [6.45, 7) is 12.0. The highest BCUT2D eigenvalue weighted by Crippen LogP contribution is 2.48. The lowest BCUT2D eigenvalue weighted by Gasteiger charge is -2.40. The van der Waals surface area contributed by atoms with E-state index in [1.165, 1.54) is 12.5 Å². The van der Waals surface area contributed by atoms with Crippen LogP contribution in [0.15, 0.2) is 23.3 Å². The molecule has 4 nitrogen and oxygen atoms in total. The summed E-state index contributed by atoms with van der Waals surface area (Å²) in [5, 5.41) is 10.7. The van der Waals surface area contributed by atoms with E-state index in [1.54, 1.807) is 0 Å². The fourth-order valence-corrected chi connectivity index (χ4v) is 4.16. The summed E-state index contributed by atoms with van der Waals surface area (Å²) >= 11 is 0. The van der Waals surface area contributed by atoms with E-state index in [1.807, 2.05) is 13.8 Å². The average molecular weight is 365 g/mol. The largest absolute Gasteiger partial charge is 0.459 e. The summed E-state index contributed by atoms with van der Waals surface area (Å²) in [6, 6.07) is 0. The number of esters is 1. The molecule has 0 aromatic rings. The van der Waals surface area contributed by atoms with Crippen molar-refractivity contribution in [2.75, 3.05) is 0 Å². The van der Waals surface area contributed by atoms with Gasteiger partial charge in [-0.1, -0.05) is 31.6 Å². The maximum Gasteiger partial charge on any atom is 0.303 e. The molecule has 0 unspecified atom stereocenters. The molecule has 0 radical (unpaired) electrons. The second kappa shape index (κ2) is 8.26. The maximum atomic E-state index is 11.7. The van der Waals surface area contributed by atoms with Crippen LogP contribution < -0.4 is 0 Å². The zero-order valence-corrected chi connectivity index (χ0v) is 17.3. The Kier molecular flexibility index (Phi) is 6.73. The summed E-state index contributed by atoms with van der Waals surface area (Å²) < 4.78 is 12.4. The van der Waals surface area contributed by atoms with Gasteiger partial charge in [0.1, 0.15) is 11.7 Å². The summed E-state index contributed by atoms with van der Waals surface area (Å²) in [7, 11) is 0. The van der Waals surface area contributed by atoms with Crippen LogP contribution in [0, 0.1) is 5.92 Å². The van der Waals surface area contributed by atoms with E-state index in [0.717, 1.165) is 37.7 Å². The van der Waals surface area contributed by atoms with Gasteiger partial charge in [0, 0.05) is 13.3 Å². The highest BCUT2D eigenvalue weighted by atomic mass is 16.6. The summed E-state index contributed by atoms with van der Waals surface area (Å²) in [5.74, 6) is 0.0389. The fraction of sp³-hybridized carbons (Fsp3) is 0.773. The summed E-state index contributed by atoms with van der Waals surface area (Å²) in [4.78, 5) is 11.7. The molecule has 0 aliphatic carbocycles. The molecule has 4 atom stereocenters. The molecule has 1 fully saturated rings. The Morgan fingerprint density at radius 2 is 2.00 bits per heavy atom. The van der Waals surface area contributed by atoms with E-state index in [0.29, 0.717) is 12.3 Å². The van der Waals surface area contributed by atoms with Gasteiger partial charge in [0.25, 0.3) is 0 Å². The summed E-state index contributed by atoms with van der Waals surface area (Å²) in [6.07, 6.45) is 8.25. The predicted octanol–water partition coefficient (Wildman–Crippen LogP) is 4.71. The highest BCUT2D eigenvalue weighted by Gasteiger charge is 2.52. The molecule has 148 valence electrons. The van der Waals surface area contributed by atoms with E-state index in [4.69, 9.17) is 9.47 Å². The number of allylic oxidation sites excluding steroid dienone is 2. The van der Waals surface area contributed by atoms with Crippen LogP contribution in [0.3, 0.4) is 0 Å². The number of fused-ring (bicyclic) bond motifs is 2. The Balaban J connectivity index is 2.41. The minimum atomic E-state index is -0.626. The number of carbonyl (C=O) groups excluding carboxylic acids is 1. The normalized spacial score (nSPS) is 40.5. The molecular formula is C22H36O4. The van der Waals surface area contributed by atoms with Crippen LogP contribution in [0.5, 0.6) is 0 Å². The van der Waals surface area contributed by atoms with Crippen LogP contribution in [0.25, 0.3) is 0 Å². The first-order chi connectivity index (χ1) is 12.1. The van der Waals surface area contributed by atoms with Gasteiger partial charge in [0.2, 0.25) is 0 Å². The predicted molar refractivity (Wildman–Crippen MR) is 104 cm³/mol. The molecule has 1 saturated heterocycles. The molecule has 2 heterocycles. The van der Waals surface area contributed by atoms with Crippen molar-refractivity contribution in [3.63, 3.8) is 0 Å². The van der Waals surface area contributed by atoms with Gasteiger partial charge in [0.05, 0.1) is 11.7 Å². The minimum absolute atomic E-state index is 0.240. The van der Waals surface area contributed by atoms with Crippen molar-refractivity contribution in [1.29, 1.82) is 0 Å². The van der Waals surface area contributed by atoms with Crippen molar-refractivity contribution >= 4 is 5.97 Å². The van der Waals surface area contributed by atoms with Crippen LogP contribution >= 0.6 is 0 Å². The van der Waals surface area contributed by atoms with E-state index < -0.39 is 17.8 Å². The van der Waals surface area contributed by atoms with Gasteiger partial charge in [-0.25, -0.2) is 0 Å². The first-order valence-corrected chi connectivity index (χ1v) is 9.96. The molecule has 26 heavy (non-hydrogen) atoms. The molecule has 2 rings (SSSR count). The van der Waals surface area contributed by atoms with Gasteiger partial charge in [-0.15, -0.1) is 0 Å². The van der Waals surface area contributed by atoms with E-state index in [2.05, 4.69) is 32.9 Å². The molecule has 2 aliphatic heterocycles. The van der Waals surface area contributed by atoms with E-state index >= 15 is 0 Å². The molecule has 0 aromatic heterocycles. The van der Waals surface area contributed by atoms with Gasteiger partial charge in [-0.3, -0.25) is 4.79 Å². The number of rotatable bonds is 2. The van der Waals surface area contributed by atoms with Crippen LogP contribution in [0.2, 0.25) is 0 Å². The zero-order valence-electron chi connectivity index (χ0n) is 17.3. The van der Waals surface area contributed by atoms with Crippen molar-refractivity contribution in [1.82, 2.24) is 0 Å². The SMILES string of the molecule is CC(=O)O[C@@H]1C[C@@H](O)/C(C)=C\CC/C(C)=C/C[C@@]2(C(C)C)CC[C@@]1(C)O2. The quantitative estimate of drug-likeness (QED) is 0.569. The van der Waals surface area contributed by atoms with Crippen LogP contribution in [0.4, 0.5) is 0 Å². The Labute approximate surface area is 158 Å². The molecule has 2 bridgehead atoms. The van der Waals surface area contributed by atoms with Crippen LogP contribution in [-0.4, -0.2) is 34.5 Å². The number of ether oxygens (including phenoxy) is 2. The standard InChI is InChI=1S/C22H36O4/c1-15(2)22-11-10-16(3)8-7-9-17(4)19(24)14-20(25-18(5)23)21(6,26-22)12-13-22/h9-10,15,19-20,24H,7-8,11-14H2,1-6H3/b16-10+,17-9-/t19-,20-,21-,22+/m1/s1. The molecule has 0 aromatic carbocycles. The molecule has 0 saturated carbocycles. The third kappa shape index (κ3) is 4.77. The average Bonchev–Trinajstić information content (AvgIpc) is 2.91. The first-order valence-electron chi connectivity index (χ1n) is 9.96. The minimum Gasteiger partial charge on any atom is -0.459 e. The third-order valence-corrected chi connectivity index (χ3v) is 6.29. The fourth-order valence-electron chi connectivity index (χ4n) is 4.16. The highest BCUT2D eigenvalue weighted by molar-refractivity contribution is 5.66. The maximum absolute atomic E-state index is 11.7. The number of hydrogen-bond donors (Lipinski definition) is 1. The zero-order chi connectivity index (χ0) is 19.5.